The first-order valence-corrected chi connectivity index (χ1v) is 9.63. The van der Waals surface area contributed by atoms with Gasteiger partial charge in [-0.2, -0.15) is 5.10 Å². The normalized spacial score (nSPS) is 16.3. The van der Waals surface area contributed by atoms with E-state index in [2.05, 4.69) is 50.2 Å². The summed E-state index contributed by atoms with van der Waals surface area (Å²) in [6, 6.07) is 12.2. The van der Waals surface area contributed by atoms with Crippen molar-refractivity contribution in [1.29, 1.82) is 0 Å². The number of likely N-dealkylation sites (N-methyl/N-ethyl adjacent to an activating group) is 1. The number of halogens is 1. The lowest BCUT2D eigenvalue weighted by atomic mass is 10.2. The molecule has 4 aromatic rings. The molecule has 27 heavy (non-hydrogen) atoms. The van der Waals surface area contributed by atoms with Crippen molar-refractivity contribution in [2.45, 2.75) is 6.42 Å². The predicted octanol–water partition coefficient (Wildman–Crippen LogP) is 3.90. The number of nitrogens with one attached hydrogen (secondary N) is 2. The summed E-state index contributed by atoms with van der Waals surface area (Å²) in [5, 5.41) is 9.03. The number of benzene rings is 2. The van der Waals surface area contributed by atoms with Crippen LogP contribution in [0.5, 0.6) is 0 Å². The van der Waals surface area contributed by atoms with Crippen molar-refractivity contribution in [1.82, 2.24) is 25.1 Å². The van der Waals surface area contributed by atoms with Gasteiger partial charge in [0, 0.05) is 30.7 Å². The Hall–Kier alpha value is -2.57. The number of para-hydroxylation sites is 1. The molecule has 138 valence electrons. The maximum atomic E-state index is 6.24. The van der Waals surface area contributed by atoms with Crippen LogP contribution in [0.4, 0.5) is 5.69 Å². The third kappa shape index (κ3) is 2.95. The van der Waals surface area contributed by atoms with E-state index in [9.17, 15) is 0 Å². The van der Waals surface area contributed by atoms with Crippen LogP contribution < -0.4 is 4.90 Å². The summed E-state index contributed by atoms with van der Waals surface area (Å²) in [5.41, 5.74) is 4.85. The predicted molar refractivity (Wildman–Crippen MR) is 111 cm³/mol. The number of H-pyrrole nitrogens is 2. The minimum atomic E-state index is 0.638. The quantitative estimate of drug-likeness (QED) is 0.553. The van der Waals surface area contributed by atoms with E-state index in [0.29, 0.717) is 5.02 Å². The SMILES string of the molecule is CN1CCCN(c2ccc3nc(-c4[nH]nc5c(Cl)cccc45)[nH]c3c2)CC1. The van der Waals surface area contributed by atoms with Crippen LogP contribution in [0.3, 0.4) is 0 Å². The highest BCUT2D eigenvalue weighted by Crippen LogP contribution is 2.30. The summed E-state index contributed by atoms with van der Waals surface area (Å²) in [7, 11) is 2.19. The Morgan fingerprint density at radius 3 is 2.93 bits per heavy atom. The molecule has 2 aromatic carbocycles. The standard InChI is InChI=1S/C20H21ClN6/c1-26-8-3-9-27(11-10-26)13-6-7-16-17(12-13)23-20(22-16)19-14-4-2-5-15(21)18(14)24-25-19/h2,4-7,12H,3,8-11H2,1H3,(H,22,23)(H,24,25). The Bertz CT molecular complexity index is 1110. The second kappa shape index (κ2) is 6.55. The first kappa shape index (κ1) is 16.6. The minimum Gasteiger partial charge on any atom is -0.370 e. The lowest BCUT2D eigenvalue weighted by Gasteiger charge is -2.22. The molecule has 0 saturated carbocycles. The summed E-state index contributed by atoms with van der Waals surface area (Å²) >= 11 is 6.24. The molecule has 6 nitrogen and oxygen atoms in total. The smallest absolute Gasteiger partial charge is 0.157 e. The van der Waals surface area contributed by atoms with Crippen LogP contribution in [0.15, 0.2) is 36.4 Å². The van der Waals surface area contributed by atoms with E-state index in [1.807, 2.05) is 18.2 Å². The fraction of sp³-hybridized carbons (Fsp3) is 0.300. The van der Waals surface area contributed by atoms with Gasteiger partial charge in [-0.3, -0.25) is 5.10 Å². The largest absolute Gasteiger partial charge is 0.370 e. The van der Waals surface area contributed by atoms with Crippen molar-refractivity contribution < 1.29 is 0 Å². The number of nitrogens with zero attached hydrogens (tertiary/aromatic N) is 4. The molecular formula is C20H21ClN6. The zero-order valence-electron chi connectivity index (χ0n) is 15.2. The fourth-order valence-corrected chi connectivity index (χ4v) is 4.02. The first-order chi connectivity index (χ1) is 13.2. The highest BCUT2D eigenvalue weighted by Gasteiger charge is 2.16. The van der Waals surface area contributed by atoms with E-state index in [-0.39, 0.29) is 0 Å². The maximum absolute atomic E-state index is 6.24. The second-order valence-corrected chi connectivity index (χ2v) is 7.57. The second-order valence-electron chi connectivity index (χ2n) is 7.17. The monoisotopic (exact) mass is 380 g/mol. The van der Waals surface area contributed by atoms with E-state index in [0.717, 1.165) is 59.6 Å². The highest BCUT2D eigenvalue weighted by atomic mass is 35.5. The molecule has 0 bridgehead atoms. The molecule has 0 aliphatic carbocycles. The number of imidazole rings is 1. The number of aromatic nitrogens is 4. The summed E-state index contributed by atoms with van der Waals surface area (Å²) in [5.74, 6) is 0.780. The van der Waals surface area contributed by atoms with Crippen molar-refractivity contribution in [2.75, 3.05) is 38.1 Å². The van der Waals surface area contributed by atoms with E-state index in [1.165, 1.54) is 12.1 Å². The molecule has 3 heterocycles. The van der Waals surface area contributed by atoms with E-state index < -0.39 is 0 Å². The molecule has 2 aromatic heterocycles. The molecule has 7 heteroatoms. The van der Waals surface area contributed by atoms with Crippen LogP contribution in [-0.2, 0) is 0 Å². The van der Waals surface area contributed by atoms with Crippen molar-refractivity contribution in [2.24, 2.45) is 0 Å². The van der Waals surface area contributed by atoms with Crippen molar-refractivity contribution in [3.05, 3.63) is 41.4 Å². The van der Waals surface area contributed by atoms with Gasteiger partial charge in [0.25, 0.3) is 0 Å². The van der Waals surface area contributed by atoms with Gasteiger partial charge in [0.15, 0.2) is 5.82 Å². The average molecular weight is 381 g/mol. The third-order valence-corrected chi connectivity index (χ3v) is 5.63. The lowest BCUT2D eigenvalue weighted by molar-refractivity contribution is 0.360. The first-order valence-electron chi connectivity index (χ1n) is 9.25. The fourth-order valence-electron chi connectivity index (χ4n) is 3.80. The zero-order chi connectivity index (χ0) is 18.4. The molecule has 1 aliphatic rings. The molecule has 0 spiro atoms. The molecule has 1 aliphatic heterocycles. The highest BCUT2D eigenvalue weighted by molar-refractivity contribution is 6.35. The van der Waals surface area contributed by atoms with Crippen LogP contribution in [-0.4, -0.2) is 58.3 Å². The third-order valence-electron chi connectivity index (χ3n) is 5.32. The van der Waals surface area contributed by atoms with E-state index >= 15 is 0 Å². The number of aromatic amines is 2. The van der Waals surface area contributed by atoms with Crippen LogP contribution in [0.25, 0.3) is 33.5 Å². The Kier molecular flexibility index (Phi) is 4.02. The molecule has 1 saturated heterocycles. The van der Waals surface area contributed by atoms with Gasteiger partial charge >= 0.3 is 0 Å². The number of rotatable bonds is 2. The topological polar surface area (TPSA) is 63.8 Å². The van der Waals surface area contributed by atoms with Gasteiger partial charge in [-0.1, -0.05) is 23.7 Å². The molecular weight excluding hydrogens is 360 g/mol. The number of anilines is 1. The maximum Gasteiger partial charge on any atom is 0.157 e. The van der Waals surface area contributed by atoms with Crippen LogP contribution >= 0.6 is 11.6 Å². The average Bonchev–Trinajstić information content (AvgIpc) is 3.22. The Morgan fingerprint density at radius 1 is 1.07 bits per heavy atom. The van der Waals surface area contributed by atoms with Gasteiger partial charge in [0.05, 0.1) is 16.1 Å². The van der Waals surface area contributed by atoms with Crippen molar-refractivity contribution >= 4 is 39.2 Å². The molecule has 1 fully saturated rings. The summed E-state index contributed by atoms with van der Waals surface area (Å²) in [6.45, 7) is 4.38. The minimum absolute atomic E-state index is 0.638. The lowest BCUT2D eigenvalue weighted by Crippen LogP contribution is -2.28. The Morgan fingerprint density at radius 2 is 2.00 bits per heavy atom. The zero-order valence-corrected chi connectivity index (χ0v) is 15.9. The summed E-state index contributed by atoms with van der Waals surface area (Å²) in [4.78, 5) is 13.0. The number of fused-ring (bicyclic) bond motifs is 2. The van der Waals surface area contributed by atoms with Crippen LogP contribution in [0.2, 0.25) is 5.02 Å². The molecule has 0 radical (unpaired) electrons. The van der Waals surface area contributed by atoms with Crippen LogP contribution in [0.1, 0.15) is 6.42 Å². The molecule has 0 unspecified atom stereocenters. The molecule has 5 rings (SSSR count). The Labute approximate surface area is 162 Å². The van der Waals surface area contributed by atoms with Gasteiger partial charge in [0.2, 0.25) is 0 Å². The molecule has 0 amide bonds. The van der Waals surface area contributed by atoms with Crippen molar-refractivity contribution in [3.63, 3.8) is 0 Å². The molecule has 2 N–H and O–H groups in total. The van der Waals surface area contributed by atoms with Gasteiger partial charge < -0.3 is 14.8 Å². The Balaban J connectivity index is 1.53. The number of hydrogen-bond acceptors (Lipinski definition) is 4. The van der Waals surface area contributed by atoms with Crippen LogP contribution in [0, 0.1) is 0 Å². The van der Waals surface area contributed by atoms with Gasteiger partial charge in [-0.15, -0.1) is 0 Å². The van der Waals surface area contributed by atoms with Gasteiger partial charge in [-0.25, -0.2) is 4.98 Å². The molecule has 0 atom stereocenters. The number of hydrogen-bond donors (Lipinski definition) is 2. The summed E-state index contributed by atoms with van der Waals surface area (Å²) < 4.78 is 0. The van der Waals surface area contributed by atoms with Crippen molar-refractivity contribution in [3.8, 4) is 11.5 Å². The van der Waals surface area contributed by atoms with E-state index in [4.69, 9.17) is 16.6 Å². The van der Waals surface area contributed by atoms with Gasteiger partial charge in [0.1, 0.15) is 11.2 Å². The van der Waals surface area contributed by atoms with Gasteiger partial charge in [-0.05, 0) is 44.3 Å². The van der Waals surface area contributed by atoms with E-state index in [1.54, 1.807) is 0 Å². The summed E-state index contributed by atoms with van der Waals surface area (Å²) in [6.07, 6.45) is 1.18.